The van der Waals surface area contributed by atoms with E-state index in [9.17, 15) is 0 Å². The van der Waals surface area contributed by atoms with Crippen LogP contribution in [-0.4, -0.2) is 15.0 Å². The molecule has 234 valence electrons. The fraction of sp³-hybridized carbons (Fsp3) is 0. The van der Waals surface area contributed by atoms with Crippen LogP contribution in [0.5, 0.6) is 0 Å². The summed E-state index contributed by atoms with van der Waals surface area (Å²) in [6.07, 6.45) is 1.96. The molecule has 9 rings (SSSR count). The Morgan fingerprint density at radius 3 is 1.42 bits per heavy atom. The number of aromatic nitrogens is 3. The lowest BCUT2D eigenvalue weighted by atomic mass is 9.91. The van der Waals surface area contributed by atoms with Crippen LogP contribution >= 0.6 is 0 Å². The summed E-state index contributed by atoms with van der Waals surface area (Å²) in [6.45, 7) is 0. The normalized spacial score (nSPS) is 11.2. The predicted octanol–water partition coefficient (Wildman–Crippen LogP) is 12.2. The van der Waals surface area contributed by atoms with Crippen LogP contribution in [0.1, 0.15) is 0 Å². The highest BCUT2D eigenvalue weighted by Gasteiger charge is 2.13. The maximum Gasteiger partial charge on any atom is 0.160 e. The fourth-order valence-corrected chi connectivity index (χ4v) is 6.76. The van der Waals surface area contributed by atoms with E-state index >= 15 is 0 Å². The molecular formula is C47H31N3. The van der Waals surface area contributed by atoms with Crippen molar-refractivity contribution in [1.29, 1.82) is 0 Å². The quantitative estimate of drug-likeness (QED) is 0.182. The molecule has 0 aliphatic rings. The Morgan fingerprint density at radius 1 is 0.320 bits per heavy atom. The molecule has 50 heavy (non-hydrogen) atoms. The molecule has 0 spiro atoms. The summed E-state index contributed by atoms with van der Waals surface area (Å²) < 4.78 is 0. The number of pyridine rings is 1. The summed E-state index contributed by atoms with van der Waals surface area (Å²) >= 11 is 0. The second kappa shape index (κ2) is 12.7. The van der Waals surface area contributed by atoms with Gasteiger partial charge in [0.1, 0.15) is 0 Å². The van der Waals surface area contributed by atoms with E-state index in [2.05, 4.69) is 138 Å². The highest BCUT2D eigenvalue weighted by atomic mass is 14.9. The third-order valence-corrected chi connectivity index (χ3v) is 9.36. The van der Waals surface area contributed by atoms with Crippen molar-refractivity contribution in [3.8, 4) is 67.3 Å². The first-order valence-electron chi connectivity index (χ1n) is 16.8. The fourth-order valence-electron chi connectivity index (χ4n) is 6.76. The Bertz CT molecular complexity index is 2550. The van der Waals surface area contributed by atoms with Crippen molar-refractivity contribution in [2.45, 2.75) is 0 Å². The van der Waals surface area contributed by atoms with Gasteiger partial charge in [-0.1, -0.05) is 164 Å². The van der Waals surface area contributed by atoms with Gasteiger partial charge in [-0.2, -0.15) is 0 Å². The SMILES string of the molecule is c1ccc(-c2cc(-c3ccc(-c4ccc(-c5ccc(-c6cnc7ccccc7c6)cc5)c5ccccc45)cc3)nc(-c3ccccc3)n2)cc1. The molecule has 0 aliphatic carbocycles. The summed E-state index contributed by atoms with van der Waals surface area (Å²) in [6, 6.07) is 63.8. The summed E-state index contributed by atoms with van der Waals surface area (Å²) in [5, 5.41) is 3.60. The molecule has 0 N–H and O–H groups in total. The number of rotatable bonds is 6. The third kappa shape index (κ3) is 5.61. The molecule has 0 bridgehead atoms. The number of para-hydroxylation sites is 1. The van der Waals surface area contributed by atoms with Crippen LogP contribution in [0.15, 0.2) is 188 Å². The topological polar surface area (TPSA) is 38.7 Å². The largest absolute Gasteiger partial charge is 0.256 e. The van der Waals surface area contributed by atoms with Gasteiger partial charge in [-0.15, -0.1) is 0 Å². The van der Waals surface area contributed by atoms with Gasteiger partial charge in [-0.05, 0) is 56.8 Å². The van der Waals surface area contributed by atoms with Crippen LogP contribution in [0.2, 0.25) is 0 Å². The Kier molecular flexibility index (Phi) is 7.49. The van der Waals surface area contributed by atoms with Gasteiger partial charge in [-0.3, -0.25) is 4.98 Å². The minimum Gasteiger partial charge on any atom is -0.256 e. The first kappa shape index (κ1) is 29.4. The summed E-state index contributed by atoms with van der Waals surface area (Å²) in [5.74, 6) is 0.717. The highest BCUT2D eigenvalue weighted by Crippen LogP contribution is 2.37. The minimum absolute atomic E-state index is 0.717. The molecule has 0 saturated heterocycles. The molecule has 0 radical (unpaired) electrons. The van der Waals surface area contributed by atoms with Gasteiger partial charge in [0, 0.05) is 33.8 Å². The molecule has 7 aromatic carbocycles. The van der Waals surface area contributed by atoms with Crippen LogP contribution in [-0.2, 0) is 0 Å². The summed E-state index contributed by atoms with van der Waals surface area (Å²) in [7, 11) is 0. The van der Waals surface area contributed by atoms with Crippen molar-refractivity contribution in [3.05, 3.63) is 188 Å². The molecule has 0 atom stereocenters. The van der Waals surface area contributed by atoms with Crippen LogP contribution in [0, 0.1) is 0 Å². The zero-order chi connectivity index (χ0) is 33.3. The predicted molar refractivity (Wildman–Crippen MR) is 207 cm³/mol. The Hall–Kier alpha value is -6.71. The summed E-state index contributed by atoms with van der Waals surface area (Å²) in [5.41, 5.74) is 13.0. The smallest absolute Gasteiger partial charge is 0.160 e. The van der Waals surface area contributed by atoms with E-state index in [1.807, 2.05) is 54.7 Å². The van der Waals surface area contributed by atoms with Crippen molar-refractivity contribution >= 4 is 21.7 Å². The van der Waals surface area contributed by atoms with Crippen LogP contribution in [0.3, 0.4) is 0 Å². The molecule has 3 nitrogen and oxygen atoms in total. The maximum atomic E-state index is 5.02. The molecule has 3 heteroatoms. The number of hydrogen-bond acceptors (Lipinski definition) is 3. The second-order valence-electron chi connectivity index (χ2n) is 12.5. The van der Waals surface area contributed by atoms with Crippen molar-refractivity contribution in [2.75, 3.05) is 0 Å². The zero-order valence-corrected chi connectivity index (χ0v) is 27.2. The molecule has 9 aromatic rings. The standard InChI is InChI=1S/C47H31N3/c1-3-11-35(12-4-1)45-30-46(50-47(49-45)37-13-5-2-6-14-37)36-25-23-34(24-26-36)41-28-27-40(42-16-8-9-17-43(41)42)33-21-19-32(20-22-33)39-29-38-15-7-10-18-44(38)48-31-39/h1-31H. The molecule has 0 saturated carbocycles. The van der Waals surface area contributed by atoms with E-state index in [4.69, 9.17) is 9.97 Å². The van der Waals surface area contributed by atoms with E-state index in [0.717, 1.165) is 61.5 Å². The minimum atomic E-state index is 0.717. The van der Waals surface area contributed by atoms with Gasteiger partial charge in [0.25, 0.3) is 0 Å². The lowest BCUT2D eigenvalue weighted by molar-refractivity contribution is 1.18. The first-order valence-corrected chi connectivity index (χ1v) is 16.8. The van der Waals surface area contributed by atoms with E-state index in [0.29, 0.717) is 0 Å². The number of nitrogens with zero attached hydrogens (tertiary/aromatic N) is 3. The van der Waals surface area contributed by atoms with Crippen molar-refractivity contribution in [1.82, 2.24) is 15.0 Å². The second-order valence-corrected chi connectivity index (χ2v) is 12.5. The zero-order valence-electron chi connectivity index (χ0n) is 27.2. The van der Waals surface area contributed by atoms with Gasteiger partial charge in [-0.25, -0.2) is 9.97 Å². The van der Waals surface area contributed by atoms with E-state index in [-0.39, 0.29) is 0 Å². The lowest BCUT2D eigenvalue weighted by Gasteiger charge is -2.13. The van der Waals surface area contributed by atoms with Gasteiger partial charge >= 0.3 is 0 Å². The number of hydrogen-bond donors (Lipinski definition) is 0. The lowest BCUT2D eigenvalue weighted by Crippen LogP contribution is -1.95. The van der Waals surface area contributed by atoms with E-state index < -0.39 is 0 Å². The van der Waals surface area contributed by atoms with Crippen LogP contribution in [0.4, 0.5) is 0 Å². The average Bonchev–Trinajstić information content (AvgIpc) is 3.21. The van der Waals surface area contributed by atoms with E-state index in [1.54, 1.807) is 0 Å². The van der Waals surface area contributed by atoms with Crippen molar-refractivity contribution < 1.29 is 0 Å². The maximum absolute atomic E-state index is 5.02. The van der Waals surface area contributed by atoms with Gasteiger partial charge in [0.05, 0.1) is 16.9 Å². The van der Waals surface area contributed by atoms with Crippen LogP contribution < -0.4 is 0 Å². The Morgan fingerprint density at radius 2 is 0.800 bits per heavy atom. The van der Waals surface area contributed by atoms with Crippen molar-refractivity contribution in [2.24, 2.45) is 0 Å². The van der Waals surface area contributed by atoms with Crippen molar-refractivity contribution in [3.63, 3.8) is 0 Å². The monoisotopic (exact) mass is 637 g/mol. The van der Waals surface area contributed by atoms with Gasteiger partial charge < -0.3 is 0 Å². The van der Waals surface area contributed by atoms with E-state index in [1.165, 1.54) is 27.5 Å². The Labute approximate surface area is 291 Å². The highest BCUT2D eigenvalue weighted by molar-refractivity contribution is 6.05. The molecule has 0 amide bonds. The molecule has 2 aromatic heterocycles. The average molecular weight is 638 g/mol. The van der Waals surface area contributed by atoms with Gasteiger partial charge in [0.2, 0.25) is 0 Å². The summed E-state index contributed by atoms with van der Waals surface area (Å²) in [4.78, 5) is 14.6. The first-order chi connectivity index (χ1) is 24.8. The van der Waals surface area contributed by atoms with Gasteiger partial charge in [0.15, 0.2) is 5.82 Å². The molecule has 0 aliphatic heterocycles. The van der Waals surface area contributed by atoms with Crippen LogP contribution in [0.25, 0.3) is 89.0 Å². The molecular weight excluding hydrogens is 607 g/mol. The Balaban J connectivity index is 1.06. The number of fused-ring (bicyclic) bond motifs is 2. The molecule has 2 heterocycles. The molecule has 0 unspecified atom stereocenters. The third-order valence-electron chi connectivity index (χ3n) is 9.36. The number of benzene rings is 7. The molecule has 0 fully saturated rings.